The second-order valence-corrected chi connectivity index (χ2v) is 5.55. The summed E-state index contributed by atoms with van der Waals surface area (Å²) in [6.45, 7) is 6.52. The first-order chi connectivity index (χ1) is 9.49. The molecule has 2 rings (SSSR count). The lowest BCUT2D eigenvalue weighted by Gasteiger charge is -2.15. The number of fused-ring (bicyclic) bond motifs is 1. The fourth-order valence-corrected chi connectivity index (χ4v) is 2.33. The predicted octanol–water partition coefficient (Wildman–Crippen LogP) is 2.18. The van der Waals surface area contributed by atoms with Gasteiger partial charge in [0.25, 0.3) is 0 Å². The summed E-state index contributed by atoms with van der Waals surface area (Å²) in [5.74, 6) is 0.0419. The van der Waals surface area contributed by atoms with E-state index in [4.69, 9.17) is 0 Å². The Bertz CT molecular complexity index is 601. The second kappa shape index (κ2) is 6.09. The summed E-state index contributed by atoms with van der Waals surface area (Å²) in [6, 6.07) is 8.28. The van der Waals surface area contributed by atoms with Crippen LogP contribution in [0.5, 0.6) is 0 Å². The number of carbonyl (C=O) groups is 1. The molecule has 20 heavy (non-hydrogen) atoms. The van der Waals surface area contributed by atoms with Gasteiger partial charge in [0.2, 0.25) is 5.91 Å². The highest BCUT2D eigenvalue weighted by molar-refractivity contribution is 5.84. The normalized spacial score (nSPS) is 12.8. The lowest BCUT2D eigenvalue weighted by molar-refractivity contribution is -0.123. The van der Waals surface area contributed by atoms with Crippen molar-refractivity contribution in [2.75, 3.05) is 0 Å². The van der Waals surface area contributed by atoms with Crippen LogP contribution in [0.25, 0.3) is 10.9 Å². The van der Waals surface area contributed by atoms with Crippen molar-refractivity contribution in [1.82, 2.24) is 15.2 Å². The van der Waals surface area contributed by atoms with Gasteiger partial charge in [-0.05, 0) is 32.4 Å². The highest BCUT2D eigenvalue weighted by atomic mass is 16.2. The molecule has 0 radical (unpaired) electrons. The molecule has 1 aromatic carbocycles. The van der Waals surface area contributed by atoms with Gasteiger partial charge in [-0.25, -0.2) is 0 Å². The summed E-state index contributed by atoms with van der Waals surface area (Å²) in [7, 11) is 2.04. The molecule has 2 N–H and O–H groups in total. The molecule has 0 saturated heterocycles. The summed E-state index contributed by atoms with van der Waals surface area (Å²) in [6.07, 6.45) is 2.12. The first-order valence-corrected chi connectivity index (χ1v) is 7.05. The molecule has 4 heteroatoms. The molecular weight excluding hydrogens is 250 g/mol. The molecule has 0 aliphatic heterocycles. The lowest BCUT2D eigenvalue weighted by atomic mass is 10.1. The van der Waals surface area contributed by atoms with Gasteiger partial charge in [-0.3, -0.25) is 4.79 Å². The zero-order chi connectivity index (χ0) is 14.7. The van der Waals surface area contributed by atoms with E-state index in [0.29, 0.717) is 6.54 Å². The molecule has 1 aromatic heterocycles. The summed E-state index contributed by atoms with van der Waals surface area (Å²) in [5, 5.41) is 7.43. The quantitative estimate of drug-likeness (QED) is 0.877. The van der Waals surface area contributed by atoms with Gasteiger partial charge in [0.1, 0.15) is 0 Å². The molecule has 0 spiro atoms. The van der Waals surface area contributed by atoms with E-state index in [2.05, 4.69) is 33.5 Å². The SMILES string of the molecule is CC(C)NC(=O)C(C)NCc1cn(C)c2ccccc12. The average Bonchev–Trinajstić information content (AvgIpc) is 2.73. The Morgan fingerprint density at radius 2 is 1.95 bits per heavy atom. The Balaban J connectivity index is 2.04. The highest BCUT2D eigenvalue weighted by Gasteiger charge is 2.14. The number of carbonyl (C=O) groups excluding carboxylic acids is 1. The minimum Gasteiger partial charge on any atom is -0.353 e. The van der Waals surface area contributed by atoms with E-state index in [1.807, 2.05) is 40.0 Å². The van der Waals surface area contributed by atoms with E-state index >= 15 is 0 Å². The molecule has 4 nitrogen and oxygen atoms in total. The molecule has 0 aliphatic rings. The van der Waals surface area contributed by atoms with Gasteiger partial charge in [-0.2, -0.15) is 0 Å². The van der Waals surface area contributed by atoms with Crippen LogP contribution in [0.15, 0.2) is 30.5 Å². The van der Waals surface area contributed by atoms with Crippen molar-refractivity contribution in [3.8, 4) is 0 Å². The van der Waals surface area contributed by atoms with Crippen molar-refractivity contribution in [2.24, 2.45) is 7.05 Å². The summed E-state index contributed by atoms with van der Waals surface area (Å²) in [5.41, 5.74) is 2.43. The molecule has 0 aliphatic carbocycles. The fourth-order valence-electron chi connectivity index (χ4n) is 2.33. The van der Waals surface area contributed by atoms with Gasteiger partial charge < -0.3 is 15.2 Å². The number of aryl methyl sites for hydroxylation is 1. The summed E-state index contributed by atoms with van der Waals surface area (Å²) >= 11 is 0. The lowest BCUT2D eigenvalue weighted by Crippen LogP contribution is -2.44. The van der Waals surface area contributed by atoms with Crippen LogP contribution in [0, 0.1) is 0 Å². The third-order valence-corrected chi connectivity index (χ3v) is 3.40. The first kappa shape index (κ1) is 14.6. The molecule has 1 amide bonds. The predicted molar refractivity (Wildman–Crippen MR) is 82.5 cm³/mol. The van der Waals surface area contributed by atoms with Crippen LogP contribution in [-0.2, 0) is 18.4 Å². The average molecular weight is 273 g/mol. The van der Waals surface area contributed by atoms with Crippen LogP contribution in [-0.4, -0.2) is 22.6 Å². The number of para-hydroxylation sites is 1. The molecule has 0 fully saturated rings. The topological polar surface area (TPSA) is 46.1 Å². The van der Waals surface area contributed by atoms with Gasteiger partial charge in [0.05, 0.1) is 6.04 Å². The van der Waals surface area contributed by atoms with Crippen molar-refractivity contribution in [3.63, 3.8) is 0 Å². The number of hydrogen-bond donors (Lipinski definition) is 2. The number of nitrogens with zero attached hydrogens (tertiary/aromatic N) is 1. The Kier molecular flexibility index (Phi) is 4.45. The van der Waals surface area contributed by atoms with E-state index in [1.54, 1.807) is 0 Å². The summed E-state index contributed by atoms with van der Waals surface area (Å²) < 4.78 is 2.12. The van der Waals surface area contributed by atoms with Crippen molar-refractivity contribution in [1.29, 1.82) is 0 Å². The fraction of sp³-hybridized carbons (Fsp3) is 0.438. The molecule has 1 unspecified atom stereocenters. The molecule has 0 bridgehead atoms. The van der Waals surface area contributed by atoms with Gasteiger partial charge in [0.15, 0.2) is 0 Å². The van der Waals surface area contributed by atoms with Gasteiger partial charge >= 0.3 is 0 Å². The Hall–Kier alpha value is -1.81. The summed E-state index contributed by atoms with van der Waals surface area (Å²) in [4.78, 5) is 11.9. The van der Waals surface area contributed by atoms with Crippen LogP contribution in [0.2, 0.25) is 0 Å². The van der Waals surface area contributed by atoms with Crippen molar-refractivity contribution < 1.29 is 4.79 Å². The Morgan fingerprint density at radius 1 is 1.25 bits per heavy atom. The number of hydrogen-bond acceptors (Lipinski definition) is 2. The standard InChI is InChI=1S/C16H23N3O/c1-11(2)18-16(20)12(3)17-9-13-10-19(4)15-8-6-5-7-14(13)15/h5-8,10-12,17H,9H2,1-4H3,(H,18,20). The van der Waals surface area contributed by atoms with Crippen LogP contribution in [0.3, 0.4) is 0 Å². The number of nitrogens with one attached hydrogen (secondary N) is 2. The van der Waals surface area contributed by atoms with Crippen LogP contribution >= 0.6 is 0 Å². The number of rotatable bonds is 5. The third-order valence-electron chi connectivity index (χ3n) is 3.40. The Labute approximate surface area is 120 Å². The van der Waals surface area contributed by atoms with Crippen molar-refractivity contribution in [3.05, 3.63) is 36.0 Å². The van der Waals surface area contributed by atoms with Gasteiger partial charge in [0, 0.05) is 36.7 Å². The number of amides is 1. The molecule has 2 aromatic rings. The van der Waals surface area contributed by atoms with E-state index in [0.717, 1.165) is 0 Å². The van der Waals surface area contributed by atoms with Crippen LogP contribution < -0.4 is 10.6 Å². The maximum absolute atomic E-state index is 11.9. The van der Waals surface area contributed by atoms with Crippen LogP contribution in [0.1, 0.15) is 26.3 Å². The molecular formula is C16H23N3O. The van der Waals surface area contributed by atoms with E-state index in [1.165, 1.54) is 16.5 Å². The van der Waals surface area contributed by atoms with Crippen molar-refractivity contribution in [2.45, 2.75) is 39.4 Å². The largest absolute Gasteiger partial charge is 0.353 e. The third kappa shape index (κ3) is 3.20. The van der Waals surface area contributed by atoms with E-state index in [9.17, 15) is 4.79 Å². The van der Waals surface area contributed by atoms with E-state index in [-0.39, 0.29) is 18.0 Å². The zero-order valence-corrected chi connectivity index (χ0v) is 12.6. The van der Waals surface area contributed by atoms with Crippen LogP contribution in [0.4, 0.5) is 0 Å². The minimum atomic E-state index is -0.198. The smallest absolute Gasteiger partial charge is 0.237 e. The molecule has 1 atom stereocenters. The molecule has 0 saturated carbocycles. The molecule has 1 heterocycles. The second-order valence-electron chi connectivity index (χ2n) is 5.55. The maximum Gasteiger partial charge on any atom is 0.237 e. The number of benzene rings is 1. The highest BCUT2D eigenvalue weighted by Crippen LogP contribution is 2.20. The van der Waals surface area contributed by atoms with E-state index < -0.39 is 0 Å². The van der Waals surface area contributed by atoms with Gasteiger partial charge in [-0.15, -0.1) is 0 Å². The number of aromatic nitrogens is 1. The maximum atomic E-state index is 11.9. The zero-order valence-electron chi connectivity index (χ0n) is 12.6. The van der Waals surface area contributed by atoms with Crippen molar-refractivity contribution >= 4 is 16.8 Å². The Morgan fingerprint density at radius 3 is 2.65 bits per heavy atom. The first-order valence-electron chi connectivity index (χ1n) is 7.05. The molecule has 108 valence electrons. The minimum absolute atomic E-state index is 0.0419. The van der Waals surface area contributed by atoms with Gasteiger partial charge in [-0.1, -0.05) is 18.2 Å². The monoisotopic (exact) mass is 273 g/mol.